The zero-order valence-electron chi connectivity index (χ0n) is 13.5. The number of anilines is 1. The van der Waals surface area contributed by atoms with E-state index in [1.807, 2.05) is 30.3 Å². The van der Waals surface area contributed by atoms with Gasteiger partial charge in [0.15, 0.2) is 0 Å². The molecule has 1 saturated heterocycles. The summed E-state index contributed by atoms with van der Waals surface area (Å²) in [6, 6.07) is 14.8. The van der Waals surface area contributed by atoms with Crippen LogP contribution in [0, 0.1) is 5.82 Å². The number of para-hydroxylation sites is 1. The Morgan fingerprint density at radius 3 is 2.42 bits per heavy atom. The average molecular weight is 348 g/mol. The molecule has 1 aromatic heterocycles. The molecule has 6 nitrogen and oxygen atoms in total. The van der Waals surface area contributed by atoms with Crippen molar-refractivity contribution >= 4 is 23.6 Å². The van der Waals surface area contributed by atoms with Gasteiger partial charge in [0.25, 0.3) is 11.8 Å². The smallest absolute Gasteiger partial charge is 0.267 e. The Morgan fingerprint density at radius 1 is 0.962 bits per heavy atom. The molecule has 1 fully saturated rings. The Labute approximate surface area is 148 Å². The van der Waals surface area contributed by atoms with Gasteiger partial charge in [0.2, 0.25) is 0 Å². The van der Waals surface area contributed by atoms with Crippen LogP contribution in [0.25, 0.3) is 11.8 Å². The molecule has 7 heteroatoms. The molecule has 3 aromatic rings. The predicted octanol–water partition coefficient (Wildman–Crippen LogP) is 2.47. The van der Waals surface area contributed by atoms with Crippen LogP contribution < -0.4 is 10.4 Å². The number of aromatic nitrogens is 2. The molecule has 2 amide bonds. The van der Waals surface area contributed by atoms with Crippen LogP contribution in [-0.4, -0.2) is 21.6 Å². The van der Waals surface area contributed by atoms with Crippen molar-refractivity contribution in [1.82, 2.24) is 15.2 Å². The highest BCUT2D eigenvalue weighted by Crippen LogP contribution is 2.22. The second-order valence-electron chi connectivity index (χ2n) is 5.67. The van der Waals surface area contributed by atoms with Crippen molar-refractivity contribution in [3.63, 3.8) is 0 Å². The summed E-state index contributed by atoms with van der Waals surface area (Å²) in [5, 5.41) is 5.33. The van der Waals surface area contributed by atoms with Crippen LogP contribution in [0.4, 0.5) is 10.1 Å². The van der Waals surface area contributed by atoms with E-state index in [1.54, 1.807) is 17.1 Å². The highest BCUT2D eigenvalue weighted by atomic mass is 19.1. The van der Waals surface area contributed by atoms with Crippen LogP contribution in [-0.2, 0) is 9.59 Å². The molecule has 0 spiro atoms. The van der Waals surface area contributed by atoms with Crippen molar-refractivity contribution < 1.29 is 14.0 Å². The third-order valence-corrected chi connectivity index (χ3v) is 3.91. The summed E-state index contributed by atoms with van der Waals surface area (Å²) in [5.74, 6) is -1.45. The lowest BCUT2D eigenvalue weighted by atomic mass is 10.2. The fourth-order valence-electron chi connectivity index (χ4n) is 2.63. The van der Waals surface area contributed by atoms with E-state index in [-0.39, 0.29) is 5.57 Å². The number of rotatable bonds is 3. The number of carbonyl (C=O) groups is 2. The second kappa shape index (κ2) is 6.29. The van der Waals surface area contributed by atoms with Crippen LogP contribution in [0.5, 0.6) is 0 Å². The zero-order valence-corrected chi connectivity index (χ0v) is 13.5. The number of amides is 2. The van der Waals surface area contributed by atoms with Gasteiger partial charge in [0.05, 0.1) is 17.6 Å². The topological polar surface area (TPSA) is 67.2 Å². The van der Waals surface area contributed by atoms with Gasteiger partial charge >= 0.3 is 0 Å². The van der Waals surface area contributed by atoms with E-state index in [4.69, 9.17) is 0 Å². The monoisotopic (exact) mass is 348 g/mol. The van der Waals surface area contributed by atoms with Gasteiger partial charge < -0.3 is 0 Å². The van der Waals surface area contributed by atoms with E-state index in [9.17, 15) is 14.0 Å². The van der Waals surface area contributed by atoms with Crippen molar-refractivity contribution in [2.75, 3.05) is 5.01 Å². The maximum Gasteiger partial charge on any atom is 0.282 e. The number of halogens is 1. The van der Waals surface area contributed by atoms with Crippen LogP contribution in [0.1, 0.15) is 5.56 Å². The zero-order chi connectivity index (χ0) is 18.1. The third-order valence-electron chi connectivity index (χ3n) is 3.91. The molecule has 1 aliphatic heterocycles. The van der Waals surface area contributed by atoms with Crippen LogP contribution >= 0.6 is 0 Å². The summed E-state index contributed by atoms with van der Waals surface area (Å²) in [6.45, 7) is 0. The molecule has 4 rings (SSSR count). The van der Waals surface area contributed by atoms with Crippen molar-refractivity contribution in [2.45, 2.75) is 0 Å². The Bertz CT molecular complexity index is 1010. The average Bonchev–Trinajstić information content (AvgIpc) is 3.24. The summed E-state index contributed by atoms with van der Waals surface area (Å²) in [6.07, 6.45) is 4.78. The molecule has 0 aliphatic carbocycles. The van der Waals surface area contributed by atoms with Crippen molar-refractivity contribution in [3.8, 4) is 5.69 Å². The summed E-state index contributed by atoms with van der Waals surface area (Å²) < 4.78 is 14.7. The third kappa shape index (κ3) is 2.86. The minimum absolute atomic E-state index is 0.0121. The highest BCUT2D eigenvalue weighted by Gasteiger charge is 2.34. The molecule has 0 unspecified atom stereocenters. The molecule has 26 heavy (non-hydrogen) atoms. The first-order chi connectivity index (χ1) is 12.6. The number of hydrogen-bond acceptors (Lipinski definition) is 3. The summed E-state index contributed by atoms with van der Waals surface area (Å²) in [7, 11) is 0. The van der Waals surface area contributed by atoms with E-state index in [0.29, 0.717) is 11.3 Å². The van der Waals surface area contributed by atoms with Gasteiger partial charge in [-0.2, -0.15) is 5.10 Å². The Balaban J connectivity index is 1.61. The largest absolute Gasteiger partial charge is 0.282 e. The SMILES string of the molecule is O=C1NN(c2ccc(F)cc2)C(=O)/C1=C/c1cnn(-c2ccccc2)c1. The van der Waals surface area contributed by atoms with E-state index >= 15 is 0 Å². The minimum atomic E-state index is -0.521. The molecule has 2 aromatic carbocycles. The van der Waals surface area contributed by atoms with Crippen molar-refractivity contribution in [2.24, 2.45) is 0 Å². The number of hydrazine groups is 1. The molecular weight excluding hydrogens is 335 g/mol. The van der Waals surface area contributed by atoms with E-state index < -0.39 is 17.6 Å². The van der Waals surface area contributed by atoms with E-state index in [2.05, 4.69) is 10.5 Å². The van der Waals surface area contributed by atoms with Crippen LogP contribution in [0.3, 0.4) is 0 Å². The normalized spacial score (nSPS) is 15.6. The highest BCUT2D eigenvalue weighted by molar-refractivity contribution is 6.31. The fourth-order valence-corrected chi connectivity index (χ4v) is 2.63. The molecule has 2 heterocycles. The molecular formula is C19H13FN4O2. The van der Waals surface area contributed by atoms with Crippen LogP contribution in [0.2, 0.25) is 0 Å². The predicted molar refractivity (Wildman–Crippen MR) is 93.6 cm³/mol. The van der Waals surface area contributed by atoms with Crippen molar-refractivity contribution in [1.29, 1.82) is 0 Å². The molecule has 1 aliphatic rings. The number of hydrogen-bond donors (Lipinski definition) is 1. The van der Waals surface area contributed by atoms with Gasteiger partial charge in [-0.25, -0.2) is 14.1 Å². The second-order valence-corrected chi connectivity index (χ2v) is 5.67. The summed E-state index contributed by atoms with van der Waals surface area (Å²) >= 11 is 0. The minimum Gasteiger partial charge on any atom is -0.267 e. The molecule has 128 valence electrons. The van der Waals surface area contributed by atoms with E-state index in [1.165, 1.54) is 30.3 Å². The standard InChI is InChI=1S/C19H13FN4O2/c20-14-6-8-16(9-7-14)24-19(26)17(18(25)22-24)10-13-11-21-23(12-13)15-4-2-1-3-5-15/h1-12H,(H,22,25)/b17-10+. The number of nitrogens with one attached hydrogen (secondary N) is 1. The summed E-state index contributed by atoms with van der Waals surface area (Å²) in [5.41, 5.74) is 4.33. The fraction of sp³-hybridized carbons (Fsp3) is 0. The number of carbonyl (C=O) groups excluding carboxylic acids is 2. The number of benzene rings is 2. The first kappa shape index (κ1) is 15.8. The summed E-state index contributed by atoms with van der Waals surface area (Å²) in [4.78, 5) is 24.7. The molecule has 0 atom stereocenters. The van der Waals surface area contributed by atoms with Gasteiger partial charge in [-0.3, -0.25) is 15.0 Å². The maximum atomic E-state index is 13.0. The van der Waals surface area contributed by atoms with Crippen LogP contribution in [0.15, 0.2) is 72.6 Å². The lowest BCUT2D eigenvalue weighted by Crippen LogP contribution is -2.35. The van der Waals surface area contributed by atoms with Gasteiger partial charge in [-0.05, 0) is 42.5 Å². The van der Waals surface area contributed by atoms with Gasteiger partial charge in [0.1, 0.15) is 11.4 Å². The van der Waals surface area contributed by atoms with Gasteiger partial charge in [0, 0.05) is 11.8 Å². The Morgan fingerprint density at radius 2 is 1.69 bits per heavy atom. The molecule has 1 N–H and O–H groups in total. The molecule has 0 saturated carbocycles. The Hall–Kier alpha value is -3.74. The van der Waals surface area contributed by atoms with E-state index in [0.717, 1.165) is 10.7 Å². The first-order valence-electron chi connectivity index (χ1n) is 7.84. The lowest BCUT2D eigenvalue weighted by molar-refractivity contribution is -0.117. The molecule has 0 bridgehead atoms. The number of nitrogens with zero attached hydrogens (tertiary/aromatic N) is 3. The van der Waals surface area contributed by atoms with Gasteiger partial charge in [-0.15, -0.1) is 0 Å². The van der Waals surface area contributed by atoms with Crippen molar-refractivity contribution in [3.05, 3.63) is 83.9 Å². The lowest BCUT2D eigenvalue weighted by Gasteiger charge is -2.14. The molecule has 0 radical (unpaired) electrons. The Kier molecular flexibility index (Phi) is 3.81. The van der Waals surface area contributed by atoms with Gasteiger partial charge in [-0.1, -0.05) is 18.2 Å². The first-order valence-corrected chi connectivity index (χ1v) is 7.84. The quantitative estimate of drug-likeness (QED) is 0.584. The maximum absolute atomic E-state index is 13.0.